The summed E-state index contributed by atoms with van der Waals surface area (Å²) in [6.07, 6.45) is 1.64. The van der Waals surface area contributed by atoms with Crippen LogP contribution in [0.15, 0.2) is 46.0 Å². The molecule has 0 spiro atoms. The number of piperazine rings is 1. The van der Waals surface area contributed by atoms with Crippen molar-refractivity contribution >= 4 is 45.0 Å². The van der Waals surface area contributed by atoms with Gasteiger partial charge in [-0.2, -0.15) is 12.7 Å². The molecule has 2 aromatic rings. The lowest BCUT2D eigenvalue weighted by Gasteiger charge is -2.49. The summed E-state index contributed by atoms with van der Waals surface area (Å²) in [6, 6.07) is 2.43. The smallest absolute Gasteiger partial charge is 0.338 e. The highest BCUT2D eigenvalue weighted by Crippen LogP contribution is 2.37. The number of hydrogen-bond acceptors (Lipinski definition) is 10. The lowest BCUT2D eigenvalue weighted by atomic mass is 9.94. The monoisotopic (exact) mass is 570 g/mol. The average Bonchev–Trinajstić information content (AvgIpc) is 3.37. The van der Waals surface area contributed by atoms with Gasteiger partial charge in [0.05, 0.1) is 25.9 Å². The van der Waals surface area contributed by atoms with Crippen molar-refractivity contribution in [1.82, 2.24) is 19.5 Å². The molecule has 198 valence electrons. The number of carbonyl (C=O) groups excluding carboxylic acids is 1. The van der Waals surface area contributed by atoms with Crippen molar-refractivity contribution in [2.24, 2.45) is 10.1 Å². The SMILES string of the molecule is COC(=O)C1=C(CN2C3COCC2CN(S(N)(=O)=O)C3)NC(c2nccs2)=NC1c1ccc(F)cc1Cl. The lowest BCUT2D eigenvalue weighted by Crippen LogP contribution is -2.66. The molecule has 0 amide bonds. The molecule has 0 saturated carbocycles. The maximum absolute atomic E-state index is 13.9. The largest absolute Gasteiger partial charge is 0.466 e. The van der Waals surface area contributed by atoms with Crippen LogP contribution in [0.4, 0.5) is 4.39 Å². The van der Waals surface area contributed by atoms with Crippen molar-refractivity contribution in [3.05, 3.63) is 62.5 Å². The van der Waals surface area contributed by atoms with Crippen LogP contribution in [0.3, 0.4) is 0 Å². The molecule has 3 atom stereocenters. The average molecular weight is 571 g/mol. The number of rotatable bonds is 6. The first kappa shape index (κ1) is 26.2. The Hall–Kier alpha value is -2.46. The minimum absolute atomic E-state index is 0.113. The van der Waals surface area contributed by atoms with Crippen molar-refractivity contribution in [2.45, 2.75) is 18.1 Å². The number of aromatic nitrogens is 1. The molecule has 5 rings (SSSR count). The number of halogens is 2. The van der Waals surface area contributed by atoms with E-state index in [9.17, 15) is 17.6 Å². The molecule has 1 aromatic carbocycles. The van der Waals surface area contributed by atoms with Gasteiger partial charge in [-0.3, -0.25) is 9.89 Å². The number of nitrogens with zero attached hydrogens (tertiary/aromatic N) is 4. The number of carbonyl (C=O) groups is 1. The van der Waals surface area contributed by atoms with Crippen LogP contribution >= 0.6 is 22.9 Å². The van der Waals surface area contributed by atoms with Gasteiger partial charge in [0, 0.05) is 59.6 Å². The molecule has 3 aliphatic rings. The molecular formula is C22H24ClFN6O5S2. The number of thiazole rings is 1. The zero-order valence-corrected chi connectivity index (χ0v) is 22.0. The quantitative estimate of drug-likeness (QED) is 0.491. The minimum Gasteiger partial charge on any atom is -0.466 e. The van der Waals surface area contributed by atoms with Gasteiger partial charge >= 0.3 is 5.97 Å². The number of nitrogens with one attached hydrogen (secondary N) is 1. The van der Waals surface area contributed by atoms with Gasteiger partial charge in [0.25, 0.3) is 10.2 Å². The molecule has 2 saturated heterocycles. The highest BCUT2D eigenvalue weighted by molar-refractivity contribution is 7.86. The Kier molecular flexibility index (Phi) is 7.33. The van der Waals surface area contributed by atoms with Gasteiger partial charge in [0.1, 0.15) is 11.9 Å². The fourth-order valence-corrected chi connectivity index (χ4v) is 6.42. The number of fused-ring (bicyclic) bond motifs is 2. The van der Waals surface area contributed by atoms with Crippen molar-refractivity contribution < 1.29 is 27.1 Å². The van der Waals surface area contributed by atoms with Crippen LogP contribution in [0.1, 0.15) is 16.6 Å². The summed E-state index contributed by atoms with van der Waals surface area (Å²) < 4.78 is 50.0. The van der Waals surface area contributed by atoms with Gasteiger partial charge < -0.3 is 14.8 Å². The number of benzene rings is 1. The summed E-state index contributed by atoms with van der Waals surface area (Å²) in [5.74, 6) is -0.719. The number of morpholine rings is 1. The van der Waals surface area contributed by atoms with Gasteiger partial charge in [-0.15, -0.1) is 11.3 Å². The fourth-order valence-electron chi connectivity index (χ4n) is 4.81. The summed E-state index contributed by atoms with van der Waals surface area (Å²) in [4.78, 5) is 24.3. The second kappa shape index (κ2) is 10.4. The molecule has 2 bridgehead atoms. The normalized spacial score (nSPS) is 25.0. The zero-order valence-electron chi connectivity index (χ0n) is 19.6. The Labute approximate surface area is 221 Å². The van der Waals surface area contributed by atoms with E-state index in [1.54, 1.807) is 11.6 Å². The van der Waals surface area contributed by atoms with Gasteiger partial charge in [-0.1, -0.05) is 17.7 Å². The summed E-state index contributed by atoms with van der Waals surface area (Å²) in [5, 5.41) is 11.1. The second-order valence-electron chi connectivity index (χ2n) is 8.77. The molecule has 4 heterocycles. The van der Waals surface area contributed by atoms with Gasteiger partial charge in [0.2, 0.25) is 0 Å². The van der Waals surface area contributed by atoms with Crippen LogP contribution in [-0.4, -0.2) is 86.5 Å². The molecule has 1 aromatic heterocycles. The Bertz CT molecular complexity index is 1360. The van der Waals surface area contributed by atoms with E-state index >= 15 is 0 Å². The molecule has 0 radical (unpaired) electrons. The van der Waals surface area contributed by atoms with E-state index in [4.69, 9.17) is 31.2 Å². The van der Waals surface area contributed by atoms with E-state index in [-0.39, 0.29) is 42.3 Å². The predicted octanol–water partition coefficient (Wildman–Crippen LogP) is 1.04. The van der Waals surface area contributed by atoms with E-state index in [1.807, 2.05) is 0 Å². The third-order valence-corrected chi connectivity index (χ3v) is 8.64. The Morgan fingerprint density at radius 3 is 2.68 bits per heavy atom. The Balaban J connectivity index is 1.57. The van der Waals surface area contributed by atoms with Crippen LogP contribution in [0.25, 0.3) is 0 Å². The number of aliphatic imine (C=N–C) groups is 1. The van der Waals surface area contributed by atoms with E-state index in [0.717, 1.165) is 0 Å². The summed E-state index contributed by atoms with van der Waals surface area (Å²) in [7, 11) is -2.60. The Morgan fingerprint density at radius 2 is 2.08 bits per heavy atom. The lowest BCUT2D eigenvalue weighted by molar-refractivity contribution is -0.136. The van der Waals surface area contributed by atoms with Crippen molar-refractivity contribution in [2.75, 3.05) is 40.0 Å². The maximum atomic E-state index is 13.9. The molecule has 3 N–H and O–H groups in total. The fraction of sp³-hybridized carbons (Fsp3) is 0.409. The molecule has 11 nitrogen and oxygen atoms in total. The highest BCUT2D eigenvalue weighted by Gasteiger charge is 2.43. The number of hydrogen-bond donors (Lipinski definition) is 2. The molecule has 0 aliphatic carbocycles. The zero-order chi connectivity index (χ0) is 26.3. The summed E-state index contributed by atoms with van der Waals surface area (Å²) in [5.41, 5.74) is 1.14. The third-order valence-electron chi connectivity index (χ3n) is 6.51. The summed E-state index contributed by atoms with van der Waals surface area (Å²) in [6.45, 7) is 1.13. The van der Waals surface area contributed by atoms with E-state index in [2.05, 4.69) is 15.2 Å². The first-order valence-electron chi connectivity index (χ1n) is 11.3. The summed E-state index contributed by atoms with van der Waals surface area (Å²) >= 11 is 7.77. The second-order valence-corrected chi connectivity index (χ2v) is 11.6. The van der Waals surface area contributed by atoms with E-state index < -0.39 is 28.0 Å². The van der Waals surface area contributed by atoms with Gasteiger partial charge in [-0.25, -0.2) is 19.3 Å². The third kappa shape index (κ3) is 5.27. The van der Waals surface area contributed by atoms with Crippen LogP contribution in [0.2, 0.25) is 5.02 Å². The van der Waals surface area contributed by atoms with Crippen molar-refractivity contribution in [1.29, 1.82) is 0 Å². The first-order valence-corrected chi connectivity index (χ1v) is 14.0. The van der Waals surface area contributed by atoms with Crippen molar-refractivity contribution in [3.63, 3.8) is 0 Å². The van der Waals surface area contributed by atoms with E-state index in [1.165, 1.54) is 41.0 Å². The molecule has 3 aliphatic heterocycles. The predicted molar refractivity (Wildman–Crippen MR) is 135 cm³/mol. The number of ether oxygens (including phenoxy) is 2. The highest BCUT2D eigenvalue weighted by atomic mass is 35.5. The topological polar surface area (TPSA) is 139 Å². The molecule has 37 heavy (non-hydrogen) atoms. The maximum Gasteiger partial charge on any atom is 0.338 e. The minimum atomic E-state index is -3.87. The number of nitrogens with two attached hydrogens (primary N) is 1. The molecular weight excluding hydrogens is 547 g/mol. The molecule has 3 unspecified atom stereocenters. The van der Waals surface area contributed by atoms with Crippen LogP contribution in [0, 0.1) is 5.82 Å². The van der Waals surface area contributed by atoms with E-state index in [0.29, 0.717) is 35.3 Å². The first-order chi connectivity index (χ1) is 17.7. The number of methoxy groups -OCH3 is 1. The van der Waals surface area contributed by atoms with Crippen LogP contribution in [0.5, 0.6) is 0 Å². The van der Waals surface area contributed by atoms with Crippen molar-refractivity contribution in [3.8, 4) is 0 Å². The standard InChI is InChI=1S/C22H24ClFN6O5S2/c1-34-22(31)18-17(9-30-13-7-29(37(25,32)33)8-14(30)11-35-10-13)27-20(21-26-4-5-36-21)28-19(18)15-3-2-12(24)6-16(15)23/h2-6,13-14,19H,7-11H2,1H3,(H,27,28)(H2,25,32,33). The van der Waals surface area contributed by atoms with Gasteiger partial charge in [-0.05, 0) is 12.1 Å². The Morgan fingerprint density at radius 1 is 1.35 bits per heavy atom. The molecule has 15 heteroatoms. The van der Waals surface area contributed by atoms with Crippen LogP contribution in [-0.2, 0) is 24.5 Å². The number of amidine groups is 1. The van der Waals surface area contributed by atoms with Gasteiger partial charge in [0.15, 0.2) is 10.8 Å². The van der Waals surface area contributed by atoms with Crippen LogP contribution < -0.4 is 10.5 Å². The molecule has 2 fully saturated rings. The number of esters is 1.